The Labute approximate surface area is 163 Å². The maximum absolute atomic E-state index is 10.1. The summed E-state index contributed by atoms with van der Waals surface area (Å²) in [5.74, 6) is 0. The van der Waals surface area contributed by atoms with Gasteiger partial charge in [-0.2, -0.15) is 0 Å². The largest absolute Gasteiger partial charge is 1.00 e. The van der Waals surface area contributed by atoms with Crippen molar-refractivity contribution < 1.29 is 56.2 Å². The van der Waals surface area contributed by atoms with Crippen LogP contribution in [0, 0.1) is 0 Å². The average molecular weight is 362 g/mol. The summed E-state index contributed by atoms with van der Waals surface area (Å²) in [7, 11) is -4.60. The summed E-state index contributed by atoms with van der Waals surface area (Å²) in [6.45, 7) is 3.63. The monoisotopic (exact) mass is 362 g/mol. The Morgan fingerprint density at radius 3 is 1.65 bits per heavy atom. The van der Waals surface area contributed by atoms with E-state index in [1.807, 2.05) is 0 Å². The van der Waals surface area contributed by atoms with Gasteiger partial charge in [-0.3, -0.25) is 4.18 Å². The van der Waals surface area contributed by atoms with E-state index < -0.39 is 10.4 Å². The third-order valence-corrected chi connectivity index (χ3v) is 3.67. The third-order valence-electron chi connectivity index (χ3n) is 3.22. The van der Waals surface area contributed by atoms with E-state index in [1.165, 1.54) is 51.4 Å². The summed E-state index contributed by atoms with van der Waals surface area (Å²) in [5.41, 5.74) is 0. The van der Waals surface area contributed by atoms with Crippen molar-refractivity contribution in [2.75, 3.05) is 33.0 Å². The van der Waals surface area contributed by atoms with Gasteiger partial charge in [-0.1, -0.05) is 58.3 Å². The predicted octanol–water partition coefficient (Wildman–Crippen LogP) is 0.0312. The molecule has 0 amide bonds. The molecule has 0 aromatic rings. The SMILES string of the molecule is CCCCCCCCCCCOCCOCCOS(=O)(=O)[O-].[Na+]. The first-order chi connectivity index (χ1) is 10.6. The molecule has 8 heteroatoms. The number of ether oxygens (including phenoxy) is 2. The smallest absolute Gasteiger partial charge is 0.726 e. The van der Waals surface area contributed by atoms with Crippen molar-refractivity contribution >= 4 is 10.4 Å². The molecule has 0 unspecified atom stereocenters. The number of rotatable bonds is 17. The fourth-order valence-electron chi connectivity index (χ4n) is 2.03. The zero-order chi connectivity index (χ0) is 16.5. The molecule has 0 atom stereocenters. The third kappa shape index (κ3) is 25.2. The maximum atomic E-state index is 10.1. The molecule has 0 fully saturated rings. The van der Waals surface area contributed by atoms with Gasteiger partial charge < -0.3 is 14.0 Å². The summed E-state index contributed by atoms with van der Waals surface area (Å²) in [6, 6.07) is 0. The minimum atomic E-state index is -4.60. The topological polar surface area (TPSA) is 84.9 Å². The van der Waals surface area contributed by atoms with Crippen LogP contribution in [-0.2, 0) is 24.1 Å². The number of unbranched alkanes of at least 4 members (excludes halogenated alkanes) is 8. The summed E-state index contributed by atoms with van der Waals surface area (Å²) >= 11 is 0. The molecule has 134 valence electrons. The summed E-state index contributed by atoms with van der Waals surface area (Å²) in [6.07, 6.45) is 11.6. The van der Waals surface area contributed by atoms with Crippen LogP contribution in [0.3, 0.4) is 0 Å². The molecule has 0 radical (unpaired) electrons. The molecule has 23 heavy (non-hydrogen) atoms. The first kappa shape index (κ1) is 26.0. The van der Waals surface area contributed by atoms with Crippen molar-refractivity contribution in [3.8, 4) is 0 Å². The summed E-state index contributed by atoms with van der Waals surface area (Å²) in [4.78, 5) is 0. The molecule has 6 nitrogen and oxygen atoms in total. The van der Waals surface area contributed by atoms with Crippen LogP contribution in [0.2, 0.25) is 0 Å². The van der Waals surface area contributed by atoms with Crippen molar-refractivity contribution in [3.63, 3.8) is 0 Å². The van der Waals surface area contributed by atoms with Gasteiger partial charge in [0.05, 0.1) is 26.4 Å². The molecule has 0 N–H and O–H groups in total. The zero-order valence-corrected chi connectivity index (χ0v) is 17.6. The molecule has 0 rings (SSSR count). The van der Waals surface area contributed by atoms with Crippen LogP contribution in [0.4, 0.5) is 0 Å². The molecule has 0 aromatic carbocycles. The van der Waals surface area contributed by atoms with E-state index in [-0.39, 0.29) is 42.8 Å². The minimum absolute atomic E-state index is 0. The Kier molecular flexibility index (Phi) is 21.6. The second-order valence-electron chi connectivity index (χ2n) is 5.28. The molecular formula is C15H31NaO6S. The van der Waals surface area contributed by atoms with E-state index in [0.29, 0.717) is 13.2 Å². The fraction of sp³-hybridized carbons (Fsp3) is 1.00. The molecule has 0 aliphatic rings. The average Bonchev–Trinajstić information content (AvgIpc) is 2.45. The molecule has 0 aliphatic carbocycles. The van der Waals surface area contributed by atoms with E-state index in [9.17, 15) is 13.0 Å². The molecule has 0 saturated carbocycles. The fourth-order valence-corrected chi connectivity index (χ4v) is 2.30. The van der Waals surface area contributed by atoms with E-state index in [4.69, 9.17) is 9.47 Å². The molecule has 0 bridgehead atoms. The Morgan fingerprint density at radius 1 is 0.696 bits per heavy atom. The van der Waals surface area contributed by atoms with Crippen LogP contribution in [0.25, 0.3) is 0 Å². The quantitative estimate of drug-likeness (QED) is 0.157. The van der Waals surface area contributed by atoms with Crippen LogP contribution in [0.1, 0.15) is 64.7 Å². The van der Waals surface area contributed by atoms with E-state index in [1.54, 1.807) is 0 Å². The van der Waals surface area contributed by atoms with Crippen molar-refractivity contribution in [2.45, 2.75) is 64.7 Å². The summed E-state index contributed by atoms with van der Waals surface area (Å²) < 4.78 is 44.8. The van der Waals surface area contributed by atoms with Crippen LogP contribution in [0.15, 0.2) is 0 Å². The van der Waals surface area contributed by atoms with Crippen LogP contribution in [-0.4, -0.2) is 46.0 Å². The molecule has 0 heterocycles. The molecule has 0 aromatic heterocycles. The van der Waals surface area contributed by atoms with Crippen molar-refractivity contribution in [1.82, 2.24) is 0 Å². The van der Waals surface area contributed by atoms with Gasteiger partial charge in [0.1, 0.15) is 0 Å². The second-order valence-corrected chi connectivity index (χ2v) is 6.34. The Bertz CT molecular complexity index is 324. The van der Waals surface area contributed by atoms with Gasteiger partial charge in [0, 0.05) is 6.61 Å². The van der Waals surface area contributed by atoms with Gasteiger partial charge in [0.15, 0.2) is 0 Å². The molecule has 0 aliphatic heterocycles. The van der Waals surface area contributed by atoms with E-state index >= 15 is 0 Å². The zero-order valence-electron chi connectivity index (χ0n) is 14.8. The first-order valence-electron chi connectivity index (χ1n) is 8.32. The summed E-state index contributed by atoms with van der Waals surface area (Å²) in [5, 5.41) is 0. The van der Waals surface area contributed by atoms with Gasteiger partial charge in [-0.05, 0) is 6.42 Å². The van der Waals surface area contributed by atoms with Crippen LogP contribution >= 0.6 is 0 Å². The van der Waals surface area contributed by atoms with Gasteiger partial charge in [0.25, 0.3) is 0 Å². The second kappa shape index (κ2) is 19.1. The Hall–Kier alpha value is 0.790. The van der Waals surface area contributed by atoms with Gasteiger partial charge in [-0.25, -0.2) is 8.42 Å². The minimum Gasteiger partial charge on any atom is -0.726 e. The Balaban J connectivity index is 0. The van der Waals surface area contributed by atoms with Gasteiger partial charge in [-0.15, -0.1) is 0 Å². The first-order valence-corrected chi connectivity index (χ1v) is 9.65. The van der Waals surface area contributed by atoms with E-state index in [2.05, 4.69) is 11.1 Å². The Morgan fingerprint density at radius 2 is 1.13 bits per heavy atom. The molecular weight excluding hydrogens is 331 g/mol. The van der Waals surface area contributed by atoms with E-state index in [0.717, 1.165) is 13.0 Å². The predicted molar refractivity (Wildman–Crippen MR) is 84.5 cm³/mol. The van der Waals surface area contributed by atoms with Gasteiger partial charge >= 0.3 is 29.6 Å². The maximum Gasteiger partial charge on any atom is 1.00 e. The van der Waals surface area contributed by atoms with Gasteiger partial charge in [0.2, 0.25) is 10.4 Å². The number of hydrogen-bond donors (Lipinski definition) is 0. The van der Waals surface area contributed by atoms with Crippen LogP contribution < -0.4 is 29.6 Å². The van der Waals surface area contributed by atoms with Crippen molar-refractivity contribution in [2.24, 2.45) is 0 Å². The number of hydrogen-bond acceptors (Lipinski definition) is 6. The van der Waals surface area contributed by atoms with Crippen LogP contribution in [0.5, 0.6) is 0 Å². The molecule has 0 saturated heterocycles. The standard InChI is InChI=1S/C15H32O6S.Na/c1-2-3-4-5-6-7-8-9-10-11-19-12-13-20-14-15-21-22(16,17)18;/h2-15H2,1H3,(H,16,17,18);/q;+1/p-1. The normalized spacial score (nSPS) is 11.4. The molecule has 0 spiro atoms. The van der Waals surface area contributed by atoms with Crippen molar-refractivity contribution in [3.05, 3.63) is 0 Å². The van der Waals surface area contributed by atoms with Crippen molar-refractivity contribution in [1.29, 1.82) is 0 Å².